The highest BCUT2D eigenvalue weighted by molar-refractivity contribution is 6.30. The third-order valence-electron chi connectivity index (χ3n) is 4.52. The Labute approximate surface area is 128 Å². The summed E-state index contributed by atoms with van der Waals surface area (Å²) < 4.78 is 11.2. The molecule has 1 aliphatic heterocycles. The fourth-order valence-electron chi connectivity index (χ4n) is 3.07. The van der Waals surface area contributed by atoms with E-state index in [9.17, 15) is 0 Å². The van der Waals surface area contributed by atoms with Crippen LogP contribution >= 0.6 is 11.6 Å². The molecule has 1 saturated carbocycles. The van der Waals surface area contributed by atoms with Crippen LogP contribution in [0.3, 0.4) is 0 Å². The van der Waals surface area contributed by atoms with Crippen molar-refractivity contribution in [2.75, 3.05) is 13.2 Å². The lowest BCUT2D eigenvalue weighted by Crippen LogP contribution is -2.35. The maximum absolute atomic E-state index is 6.18. The van der Waals surface area contributed by atoms with Crippen molar-refractivity contribution in [3.05, 3.63) is 46.6 Å². The van der Waals surface area contributed by atoms with Gasteiger partial charge in [-0.3, -0.25) is 0 Å². The molecule has 2 aliphatic rings. The van der Waals surface area contributed by atoms with Gasteiger partial charge in [-0.2, -0.15) is 4.98 Å². The molecule has 1 aromatic carbocycles. The zero-order chi connectivity index (χ0) is 14.3. The van der Waals surface area contributed by atoms with E-state index in [-0.39, 0.29) is 5.41 Å². The predicted octanol–water partition coefficient (Wildman–Crippen LogP) is 3.70. The second-order valence-electron chi connectivity index (χ2n) is 5.94. The first-order chi connectivity index (χ1) is 10.3. The fraction of sp³-hybridized carbons (Fsp3) is 0.500. The summed E-state index contributed by atoms with van der Waals surface area (Å²) in [6, 6.07) is 7.97. The smallest absolute Gasteiger partial charge is 0.237 e. The van der Waals surface area contributed by atoms with Gasteiger partial charge in [-0.05, 0) is 43.4 Å². The molecule has 0 unspecified atom stereocenters. The number of hydrogen-bond acceptors (Lipinski definition) is 4. The first kappa shape index (κ1) is 13.3. The molecule has 0 amide bonds. The van der Waals surface area contributed by atoms with Gasteiger partial charge in [-0.1, -0.05) is 28.9 Å². The molecular weight excluding hydrogens is 288 g/mol. The first-order valence-corrected chi connectivity index (χ1v) is 7.84. The molecule has 21 heavy (non-hydrogen) atoms. The van der Waals surface area contributed by atoms with Crippen molar-refractivity contribution in [2.45, 2.75) is 37.0 Å². The average Bonchev–Trinajstić information content (AvgIpc) is 3.25. The van der Waals surface area contributed by atoms with Gasteiger partial charge in [0, 0.05) is 24.2 Å². The molecule has 4 rings (SSSR count). The molecule has 0 N–H and O–H groups in total. The first-order valence-electron chi connectivity index (χ1n) is 7.46. The number of ether oxygens (including phenoxy) is 1. The van der Waals surface area contributed by atoms with Gasteiger partial charge in [0.05, 0.1) is 5.41 Å². The molecule has 0 spiro atoms. The average molecular weight is 305 g/mol. The van der Waals surface area contributed by atoms with Crippen LogP contribution in [0.5, 0.6) is 0 Å². The third kappa shape index (κ3) is 2.36. The number of halogens is 1. The molecule has 2 fully saturated rings. The van der Waals surface area contributed by atoms with E-state index in [1.54, 1.807) is 0 Å². The molecule has 110 valence electrons. The lowest BCUT2D eigenvalue weighted by atomic mass is 9.74. The van der Waals surface area contributed by atoms with Gasteiger partial charge in [-0.25, -0.2) is 0 Å². The van der Waals surface area contributed by atoms with E-state index in [2.05, 4.69) is 11.2 Å². The standard InChI is InChI=1S/C16H17ClN2O2/c17-13-3-1-2-12(10-13)16(6-8-20-9-7-16)15-18-14(19-21-15)11-4-5-11/h1-3,10-11H,4-9H2. The maximum Gasteiger partial charge on any atom is 0.237 e. The summed E-state index contributed by atoms with van der Waals surface area (Å²) >= 11 is 6.18. The summed E-state index contributed by atoms with van der Waals surface area (Å²) in [6.07, 6.45) is 4.04. The molecule has 0 bridgehead atoms. The second kappa shape index (κ2) is 5.11. The summed E-state index contributed by atoms with van der Waals surface area (Å²) in [5.74, 6) is 2.08. The molecular formula is C16H17ClN2O2. The Morgan fingerprint density at radius 2 is 2.00 bits per heavy atom. The van der Waals surface area contributed by atoms with Crippen LogP contribution in [-0.4, -0.2) is 23.4 Å². The SMILES string of the molecule is Clc1cccc(C2(c3nc(C4CC4)no3)CCOCC2)c1. The topological polar surface area (TPSA) is 48.2 Å². The van der Waals surface area contributed by atoms with E-state index >= 15 is 0 Å². The van der Waals surface area contributed by atoms with Crippen molar-refractivity contribution < 1.29 is 9.26 Å². The molecule has 0 atom stereocenters. The molecule has 1 aromatic heterocycles. The Balaban J connectivity index is 1.78. The number of aromatic nitrogens is 2. The molecule has 4 nitrogen and oxygen atoms in total. The molecule has 0 radical (unpaired) electrons. The molecule has 2 aromatic rings. The Morgan fingerprint density at radius 1 is 1.19 bits per heavy atom. The quantitative estimate of drug-likeness (QED) is 0.867. The van der Waals surface area contributed by atoms with E-state index in [0.717, 1.165) is 35.1 Å². The normalized spacial score (nSPS) is 21.4. The summed E-state index contributed by atoms with van der Waals surface area (Å²) in [5.41, 5.74) is 0.882. The van der Waals surface area contributed by atoms with Gasteiger partial charge in [0.25, 0.3) is 0 Å². The van der Waals surface area contributed by atoms with Crippen LogP contribution in [0.25, 0.3) is 0 Å². The Bertz CT molecular complexity index is 645. The van der Waals surface area contributed by atoms with E-state index < -0.39 is 0 Å². The largest absolute Gasteiger partial charge is 0.381 e. The van der Waals surface area contributed by atoms with E-state index in [4.69, 9.17) is 25.8 Å². The second-order valence-corrected chi connectivity index (χ2v) is 6.37. The Morgan fingerprint density at radius 3 is 2.71 bits per heavy atom. The van der Waals surface area contributed by atoms with Gasteiger partial charge in [0.15, 0.2) is 5.82 Å². The van der Waals surface area contributed by atoms with Gasteiger partial charge >= 0.3 is 0 Å². The maximum atomic E-state index is 6.18. The summed E-state index contributed by atoms with van der Waals surface area (Å²) in [5, 5.41) is 4.92. The van der Waals surface area contributed by atoms with Crippen LogP contribution in [0.2, 0.25) is 5.02 Å². The van der Waals surface area contributed by atoms with Crippen molar-refractivity contribution in [3.63, 3.8) is 0 Å². The Hall–Kier alpha value is -1.39. The van der Waals surface area contributed by atoms with Gasteiger partial charge < -0.3 is 9.26 Å². The molecule has 1 aliphatic carbocycles. The minimum atomic E-state index is -0.261. The lowest BCUT2D eigenvalue weighted by molar-refractivity contribution is 0.0523. The minimum Gasteiger partial charge on any atom is -0.381 e. The molecule has 5 heteroatoms. The summed E-state index contributed by atoms with van der Waals surface area (Å²) in [6.45, 7) is 1.40. The van der Waals surface area contributed by atoms with Crippen molar-refractivity contribution >= 4 is 11.6 Å². The third-order valence-corrected chi connectivity index (χ3v) is 4.75. The molecule has 2 heterocycles. The highest BCUT2D eigenvalue weighted by Crippen LogP contribution is 2.43. The van der Waals surface area contributed by atoms with E-state index in [0.29, 0.717) is 19.1 Å². The Kier molecular flexibility index (Phi) is 3.23. The number of rotatable bonds is 3. The van der Waals surface area contributed by atoms with Crippen LogP contribution < -0.4 is 0 Å². The summed E-state index contributed by atoms with van der Waals surface area (Å²) in [4.78, 5) is 4.70. The highest BCUT2D eigenvalue weighted by atomic mass is 35.5. The predicted molar refractivity (Wildman–Crippen MR) is 78.6 cm³/mol. The number of benzene rings is 1. The van der Waals surface area contributed by atoms with Crippen LogP contribution in [0.4, 0.5) is 0 Å². The number of nitrogens with zero attached hydrogens (tertiary/aromatic N) is 2. The van der Waals surface area contributed by atoms with Gasteiger partial charge in [0.2, 0.25) is 5.89 Å². The fourth-order valence-corrected chi connectivity index (χ4v) is 3.26. The van der Waals surface area contributed by atoms with Crippen molar-refractivity contribution in [1.29, 1.82) is 0 Å². The minimum absolute atomic E-state index is 0.261. The van der Waals surface area contributed by atoms with Crippen LogP contribution in [0.15, 0.2) is 28.8 Å². The van der Waals surface area contributed by atoms with E-state index in [1.807, 2.05) is 18.2 Å². The van der Waals surface area contributed by atoms with Crippen LogP contribution in [0, 0.1) is 0 Å². The van der Waals surface area contributed by atoms with E-state index in [1.165, 1.54) is 12.8 Å². The lowest BCUT2D eigenvalue weighted by Gasteiger charge is -2.34. The van der Waals surface area contributed by atoms with Crippen LogP contribution in [0.1, 0.15) is 48.9 Å². The zero-order valence-electron chi connectivity index (χ0n) is 11.7. The van der Waals surface area contributed by atoms with Crippen molar-refractivity contribution in [1.82, 2.24) is 10.1 Å². The van der Waals surface area contributed by atoms with Crippen LogP contribution in [-0.2, 0) is 10.2 Å². The zero-order valence-corrected chi connectivity index (χ0v) is 12.5. The number of hydrogen-bond donors (Lipinski definition) is 0. The summed E-state index contributed by atoms with van der Waals surface area (Å²) in [7, 11) is 0. The molecule has 1 saturated heterocycles. The van der Waals surface area contributed by atoms with Gasteiger partial charge in [-0.15, -0.1) is 0 Å². The highest BCUT2D eigenvalue weighted by Gasteiger charge is 2.42. The monoisotopic (exact) mass is 304 g/mol. The van der Waals surface area contributed by atoms with Crippen molar-refractivity contribution in [3.8, 4) is 0 Å². The van der Waals surface area contributed by atoms with Crippen molar-refractivity contribution in [2.24, 2.45) is 0 Å². The van der Waals surface area contributed by atoms with Gasteiger partial charge in [0.1, 0.15) is 0 Å².